The van der Waals surface area contributed by atoms with E-state index in [0.29, 0.717) is 6.54 Å². The van der Waals surface area contributed by atoms with Crippen LogP contribution in [0.1, 0.15) is 18.4 Å². The Morgan fingerprint density at radius 2 is 1.85 bits per heavy atom. The van der Waals surface area contributed by atoms with Crippen LogP contribution in [0.3, 0.4) is 0 Å². The van der Waals surface area contributed by atoms with Crippen molar-refractivity contribution in [1.82, 2.24) is 9.62 Å². The molecule has 5 nitrogen and oxygen atoms in total. The molecule has 0 spiro atoms. The molecule has 0 unspecified atom stereocenters. The first kappa shape index (κ1) is 15.4. The highest BCUT2D eigenvalue weighted by atomic mass is 32.2. The van der Waals surface area contributed by atoms with Gasteiger partial charge in [0.05, 0.1) is 5.75 Å². The van der Waals surface area contributed by atoms with E-state index in [4.69, 9.17) is 5.73 Å². The van der Waals surface area contributed by atoms with Crippen molar-refractivity contribution >= 4 is 10.0 Å². The smallest absolute Gasteiger partial charge is 0.216 e. The summed E-state index contributed by atoms with van der Waals surface area (Å²) in [6.45, 7) is 3.37. The Balaban J connectivity index is 1.84. The minimum absolute atomic E-state index is 0.0524. The molecule has 1 heterocycles. The van der Waals surface area contributed by atoms with Gasteiger partial charge in [-0.15, -0.1) is 0 Å². The molecule has 1 saturated heterocycles. The summed E-state index contributed by atoms with van der Waals surface area (Å²) >= 11 is 0. The third-order valence-corrected chi connectivity index (χ3v) is 4.98. The number of likely N-dealkylation sites (tertiary alicyclic amines) is 1. The van der Waals surface area contributed by atoms with Gasteiger partial charge in [-0.1, -0.05) is 30.3 Å². The van der Waals surface area contributed by atoms with E-state index in [2.05, 4.69) is 9.62 Å². The van der Waals surface area contributed by atoms with E-state index in [1.54, 1.807) is 0 Å². The van der Waals surface area contributed by atoms with Gasteiger partial charge in [-0.2, -0.15) is 0 Å². The Kier molecular flexibility index (Phi) is 5.54. The normalized spacial score (nSPS) is 18.2. The average Bonchev–Trinajstić information content (AvgIpc) is 2.41. The predicted molar refractivity (Wildman–Crippen MR) is 80.7 cm³/mol. The van der Waals surface area contributed by atoms with Crippen LogP contribution >= 0.6 is 0 Å². The van der Waals surface area contributed by atoms with Crippen LogP contribution in [0.4, 0.5) is 0 Å². The Labute approximate surface area is 121 Å². The molecule has 0 atom stereocenters. The van der Waals surface area contributed by atoms with E-state index in [0.717, 1.165) is 38.0 Å². The first-order valence-electron chi connectivity index (χ1n) is 7.05. The van der Waals surface area contributed by atoms with E-state index < -0.39 is 10.0 Å². The predicted octanol–water partition coefficient (Wildman–Crippen LogP) is 0.529. The minimum Gasteiger partial charge on any atom is -0.329 e. The van der Waals surface area contributed by atoms with Gasteiger partial charge in [0, 0.05) is 19.1 Å². The fraction of sp³-hybridized carbons (Fsp3) is 0.571. The van der Waals surface area contributed by atoms with Gasteiger partial charge in [0.1, 0.15) is 0 Å². The molecule has 1 aliphatic heterocycles. The Morgan fingerprint density at radius 1 is 1.20 bits per heavy atom. The number of rotatable bonds is 6. The van der Waals surface area contributed by atoms with Crippen molar-refractivity contribution in [3.05, 3.63) is 35.9 Å². The summed E-state index contributed by atoms with van der Waals surface area (Å²) in [5, 5.41) is 0. The number of sulfonamides is 1. The van der Waals surface area contributed by atoms with Crippen LogP contribution in [0.2, 0.25) is 0 Å². The average molecular weight is 297 g/mol. The lowest BCUT2D eigenvalue weighted by Gasteiger charge is -2.31. The van der Waals surface area contributed by atoms with E-state index in [-0.39, 0.29) is 11.8 Å². The van der Waals surface area contributed by atoms with Crippen LogP contribution in [0.15, 0.2) is 30.3 Å². The number of nitrogens with one attached hydrogen (secondary N) is 1. The highest BCUT2D eigenvalue weighted by Gasteiger charge is 2.23. The van der Waals surface area contributed by atoms with Gasteiger partial charge in [-0.25, -0.2) is 13.1 Å². The maximum atomic E-state index is 12.1. The molecule has 0 saturated carbocycles. The molecule has 112 valence electrons. The fourth-order valence-corrected chi connectivity index (χ4v) is 4.00. The summed E-state index contributed by atoms with van der Waals surface area (Å²) in [6.07, 6.45) is 1.71. The Morgan fingerprint density at radius 3 is 2.45 bits per heavy atom. The molecule has 0 bridgehead atoms. The number of nitrogens with zero attached hydrogens (tertiary/aromatic N) is 1. The molecule has 1 fully saturated rings. The number of nitrogens with two attached hydrogens (primary N) is 1. The molecule has 0 radical (unpaired) electrons. The zero-order valence-electron chi connectivity index (χ0n) is 11.7. The zero-order valence-corrected chi connectivity index (χ0v) is 12.5. The molecular weight excluding hydrogens is 274 g/mol. The van der Waals surface area contributed by atoms with E-state index in [1.807, 2.05) is 30.3 Å². The summed E-state index contributed by atoms with van der Waals surface area (Å²) in [4.78, 5) is 2.28. The maximum absolute atomic E-state index is 12.1. The zero-order chi connectivity index (χ0) is 14.4. The van der Waals surface area contributed by atoms with Crippen LogP contribution in [0.5, 0.6) is 0 Å². The van der Waals surface area contributed by atoms with E-state index in [9.17, 15) is 8.42 Å². The fourth-order valence-electron chi connectivity index (χ4n) is 2.55. The first-order chi connectivity index (χ1) is 9.59. The molecule has 1 aromatic carbocycles. The van der Waals surface area contributed by atoms with Gasteiger partial charge < -0.3 is 10.6 Å². The van der Waals surface area contributed by atoms with Crippen molar-refractivity contribution < 1.29 is 8.42 Å². The molecule has 3 N–H and O–H groups in total. The van der Waals surface area contributed by atoms with Crippen molar-refractivity contribution in [3.8, 4) is 0 Å². The minimum atomic E-state index is -3.26. The molecule has 1 aliphatic rings. The molecule has 0 aromatic heterocycles. The lowest BCUT2D eigenvalue weighted by molar-refractivity contribution is 0.212. The first-order valence-corrected chi connectivity index (χ1v) is 8.70. The molecular formula is C14H23N3O2S. The van der Waals surface area contributed by atoms with Crippen molar-refractivity contribution in [1.29, 1.82) is 0 Å². The van der Waals surface area contributed by atoms with Gasteiger partial charge in [0.15, 0.2) is 0 Å². The number of hydrogen-bond donors (Lipinski definition) is 2. The van der Waals surface area contributed by atoms with E-state index in [1.165, 1.54) is 0 Å². The number of piperidine rings is 1. The number of benzene rings is 1. The highest BCUT2D eigenvalue weighted by molar-refractivity contribution is 7.88. The monoisotopic (exact) mass is 297 g/mol. The molecule has 6 heteroatoms. The van der Waals surface area contributed by atoms with Crippen molar-refractivity contribution in [2.45, 2.75) is 24.6 Å². The molecule has 0 aliphatic carbocycles. The van der Waals surface area contributed by atoms with Gasteiger partial charge in [-0.3, -0.25) is 0 Å². The summed E-state index contributed by atoms with van der Waals surface area (Å²) in [6, 6.07) is 9.33. The maximum Gasteiger partial charge on any atom is 0.216 e. The van der Waals surface area contributed by atoms with Crippen LogP contribution in [-0.4, -0.2) is 45.5 Å². The summed E-state index contributed by atoms with van der Waals surface area (Å²) in [7, 11) is -3.26. The lowest BCUT2D eigenvalue weighted by atomic mass is 10.1. The van der Waals surface area contributed by atoms with Crippen LogP contribution in [-0.2, 0) is 15.8 Å². The highest BCUT2D eigenvalue weighted by Crippen LogP contribution is 2.12. The third kappa shape index (κ3) is 4.86. The van der Waals surface area contributed by atoms with Crippen molar-refractivity contribution in [3.63, 3.8) is 0 Å². The van der Waals surface area contributed by atoms with Gasteiger partial charge in [-0.05, 0) is 31.5 Å². The summed E-state index contributed by atoms with van der Waals surface area (Å²) in [5.74, 6) is 0.0524. The largest absolute Gasteiger partial charge is 0.329 e. The molecule has 20 heavy (non-hydrogen) atoms. The van der Waals surface area contributed by atoms with Crippen LogP contribution in [0.25, 0.3) is 0 Å². The molecule has 1 aromatic rings. The second-order valence-corrected chi connectivity index (χ2v) is 7.02. The summed E-state index contributed by atoms with van der Waals surface area (Å²) in [5.41, 5.74) is 6.35. The Bertz CT molecular complexity index is 496. The van der Waals surface area contributed by atoms with Crippen LogP contribution in [0, 0.1) is 0 Å². The van der Waals surface area contributed by atoms with Gasteiger partial charge >= 0.3 is 0 Å². The van der Waals surface area contributed by atoms with Gasteiger partial charge in [0.25, 0.3) is 0 Å². The SMILES string of the molecule is NCCN1CCC(NS(=O)(=O)Cc2ccccc2)CC1. The van der Waals surface area contributed by atoms with Gasteiger partial charge in [0.2, 0.25) is 10.0 Å². The lowest BCUT2D eigenvalue weighted by Crippen LogP contribution is -2.45. The van der Waals surface area contributed by atoms with E-state index >= 15 is 0 Å². The third-order valence-electron chi connectivity index (χ3n) is 3.58. The molecule has 2 rings (SSSR count). The van der Waals surface area contributed by atoms with Crippen molar-refractivity contribution in [2.24, 2.45) is 5.73 Å². The van der Waals surface area contributed by atoms with Crippen LogP contribution < -0.4 is 10.5 Å². The quantitative estimate of drug-likeness (QED) is 0.803. The van der Waals surface area contributed by atoms with Crippen molar-refractivity contribution in [2.75, 3.05) is 26.2 Å². The Hall–Kier alpha value is -0.950. The summed E-state index contributed by atoms with van der Waals surface area (Å²) < 4.78 is 27.1. The second-order valence-electron chi connectivity index (χ2n) is 5.27. The number of hydrogen-bond acceptors (Lipinski definition) is 4. The standard InChI is InChI=1S/C14H23N3O2S/c15-8-11-17-9-6-14(7-10-17)16-20(18,19)12-13-4-2-1-3-5-13/h1-5,14,16H,6-12,15H2. The second kappa shape index (κ2) is 7.17. The molecule has 0 amide bonds. The topological polar surface area (TPSA) is 75.4 Å².